The summed E-state index contributed by atoms with van der Waals surface area (Å²) in [5, 5.41) is 9.07. The molecule has 0 radical (unpaired) electrons. The molecular weight excluding hydrogens is 280 g/mol. The summed E-state index contributed by atoms with van der Waals surface area (Å²) in [7, 11) is 0. The molecule has 0 spiro atoms. The van der Waals surface area contributed by atoms with Crippen molar-refractivity contribution in [2.24, 2.45) is 0 Å². The molecular formula is C17H22N2O3. The number of carbonyl (C=O) groups excluding carboxylic acids is 1. The van der Waals surface area contributed by atoms with Crippen molar-refractivity contribution in [3.63, 3.8) is 0 Å². The first-order valence-electron chi connectivity index (χ1n) is 7.71. The lowest BCUT2D eigenvalue weighted by Gasteiger charge is -2.34. The molecule has 1 aliphatic rings. The number of carbonyl (C=O) groups is 1. The van der Waals surface area contributed by atoms with Gasteiger partial charge in [-0.3, -0.25) is 4.79 Å². The van der Waals surface area contributed by atoms with Gasteiger partial charge in [0.1, 0.15) is 11.8 Å². The number of likely N-dealkylation sites (tertiary alicyclic amines) is 1. The van der Waals surface area contributed by atoms with E-state index in [1.54, 1.807) is 36.1 Å². The van der Waals surface area contributed by atoms with Crippen molar-refractivity contribution >= 4 is 5.91 Å². The van der Waals surface area contributed by atoms with Gasteiger partial charge in [-0.1, -0.05) is 12.1 Å². The summed E-state index contributed by atoms with van der Waals surface area (Å²) in [5.41, 5.74) is 0.438. The zero-order valence-corrected chi connectivity index (χ0v) is 13.1. The van der Waals surface area contributed by atoms with Gasteiger partial charge in [-0.05, 0) is 38.8 Å². The number of amides is 1. The lowest BCUT2D eigenvalue weighted by atomic mass is 10.1. The Morgan fingerprint density at radius 3 is 3.00 bits per heavy atom. The maximum absolute atomic E-state index is 12.5. The third kappa shape index (κ3) is 3.99. The maximum Gasteiger partial charge on any atom is 0.263 e. The highest BCUT2D eigenvalue weighted by Crippen LogP contribution is 2.20. The number of hydrogen-bond donors (Lipinski definition) is 0. The lowest BCUT2D eigenvalue weighted by molar-refractivity contribution is -0.142. The van der Waals surface area contributed by atoms with Crippen LogP contribution < -0.4 is 4.74 Å². The Morgan fingerprint density at radius 1 is 1.50 bits per heavy atom. The molecule has 1 aliphatic heterocycles. The summed E-state index contributed by atoms with van der Waals surface area (Å²) in [4.78, 5) is 14.3. The van der Waals surface area contributed by atoms with E-state index in [2.05, 4.69) is 6.07 Å². The second kappa shape index (κ2) is 7.81. The lowest BCUT2D eigenvalue weighted by Crippen LogP contribution is -2.48. The van der Waals surface area contributed by atoms with Gasteiger partial charge in [0.05, 0.1) is 11.7 Å². The van der Waals surface area contributed by atoms with Gasteiger partial charge in [0.15, 0.2) is 6.10 Å². The molecule has 0 saturated carbocycles. The first kappa shape index (κ1) is 16.3. The molecule has 118 valence electrons. The summed E-state index contributed by atoms with van der Waals surface area (Å²) >= 11 is 0. The minimum absolute atomic E-state index is 0.0582. The molecule has 1 aromatic carbocycles. The van der Waals surface area contributed by atoms with Gasteiger partial charge in [0, 0.05) is 19.7 Å². The molecule has 0 bridgehead atoms. The molecule has 2 atom stereocenters. The number of benzene rings is 1. The van der Waals surface area contributed by atoms with Crippen LogP contribution in [0.25, 0.3) is 0 Å². The zero-order valence-electron chi connectivity index (χ0n) is 13.1. The molecule has 0 N–H and O–H groups in total. The molecule has 1 aromatic rings. The smallest absolute Gasteiger partial charge is 0.263 e. The first-order valence-corrected chi connectivity index (χ1v) is 7.71. The Balaban J connectivity index is 1.98. The average molecular weight is 302 g/mol. The molecule has 5 heteroatoms. The molecule has 0 aromatic heterocycles. The molecule has 1 heterocycles. The predicted octanol–water partition coefficient (Wildman–Crippen LogP) is 2.35. The van der Waals surface area contributed by atoms with Gasteiger partial charge in [-0.2, -0.15) is 5.26 Å². The van der Waals surface area contributed by atoms with Crippen molar-refractivity contribution in [2.75, 3.05) is 19.7 Å². The second-order valence-corrected chi connectivity index (χ2v) is 5.37. The predicted molar refractivity (Wildman–Crippen MR) is 82.5 cm³/mol. The summed E-state index contributed by atoms with van der Waals surface area (Å²) in [6, 6.07) is 9.03. The van der Waals surface area contributed by atoms with E-state index in [1.807, 2.05) is 6.92 Å². The Morgan fingerprint density at radius 2 is 2.27 bits per heavy atom. The normalized spacial score (nSPS) is 19.3. The van der Waals surface area contributed by atoms with E-state index in [1.165, 1.54) is 0 Å². The van der Waals surface area contributed by atoms with E-state index in [0.29, 0.717) is 24.5 Å². The second-order valence-electron chi connectivity index (χ2n) is 5.37. The van der Waals surface area contributed by atoms with Gasteiger partial charge in [-0.25, -0.2) is 0 Å². The maximum atomic E-state index is 12.5. The van der Waals surface area contributed by atoms with E-state index < -0.39 is 6.10 Å². The van der Waals surface area contributed by atoms with Gasteiger partial charge in [0.25, 0.3) is 5.91 Å². The molecule has 1 saturated heterocycles. The molecule has 0 aliphatic carbocycles. The average Bonchev–Trinajstić information content (AvgIpc) is 2.55. The number of nitriles is 1. The molecule has 22 heavy (non-hydrogen) atoms. The Kier molecular flexibility index (Phi) is 5.79. The third-order valence-corrected chi connectivity index (χ3v) is 3.75. The number of para-hydroxylation sites is 1. The van der Waals surface area contributed by atoms with Crippen LogP contribution in [0.2, 0.25) is 0 Å². The minimum atomic E-state index is -0.616. The quantitative estimate of drug-likeness (QED) is 0.837. The van der Waals surface area contributed by atoms with Crippen LogP contribution in [0.15, 0.2) is 24.3 Å². The zero-order chi connectivity index (χ0) is 15.9. The van der Waals surface area contributed by atoms with Crippen LogP contribution in [0.4, 0.5) is 0 Å². The molecule has 2 unspecified atom stereocenters. The standard InChI is InChI=1S/C17H22N2O3/c1-3-21-15-8-6-10-19(12-15)17(20)13(2)22-16-9-5-4-7-14(16)11-18/h4-5,7,9,13,15H,3,6,8,10,12H2,1-2H3. The van der Waals surface area contributed by atoms with Crippen molar-refractivity contribution in [3.8, 4) is 11.8 Å². The fourth-order valence-electron chi connectivity index (χ4n) is 2.67. The third-order valence-electron chi connectivity index (χ3n) is 3.75. The van der Waals surface area contributed by atoms with E-state index in [9.17, 15) is 4.79 Å². The highest BCUT2D eigenvalue weighted by atomic mass is 16.5. The van der Waals surface area contributed by atoms with Crippen LogP contribution >= 0.6 is 0 Å². The minimum Gasteiger partial charge on any atom is -0.480 e. The number of hydrogen-bond acceptors (Lipinski definition) is 4. The molecule has 1 amide bonds. The van der Waals surface area contributed by atoms with E-state index in [-0.39, 0.29) is 12.0 Å². The van der Waals surface area contributed by atoms with E-state index in [0.717, 1.165) is 19.4 Å². The van der Waals surface area contributed by atoms with Gasteiger partial charge in [-0.15, -0.1) is 0 Å². The highest BCUT2D eigenvalue weighted by Gasteiger charge is 2.28. The van der Waals surface area contributed by atoms with Crippen LogP contribution in [-0.2, 0) is 9.53 Å². The summed E-state index contributed by atoms with van der Waals surface area (Å²) < 4.78 is 11.3. The number of rotatable bonds is 5. The van der Waals surface area contributed by atoms with Crippen molar-refractivity contribution in [1.82, 2.24) is 4.90 Å². The number of ether oxygens (including phenoxy) is 2. The molecule has 5 nitrogen and oxygen atoms in total. The highest BCUT2D eigenvalue weighted by molar-refractivity contribution is 5.81. The summed E-state index contributed by atoms with van der Waals surface area (Å²) in [6.45, 7) is 5.69. The van der Waals surface area contributed by atoms with E-state index >= 15 is 0 Å². The fraction of sp³-hybridized carbons (Fsp3) is 0.529. The number of piperidine rings is 1. The van der Waals surface area contributed by atoms with Crippen molar-refractivity contribution in [1.29, 1.82) is 5.26 Å². The first-order chi connectivity index (χ1) is 10.7. The largest absolute Gasteiger partial charge is 0.480 e. The van der Waals surface area contributed by atoms with Crippen molar-refractivity contribution in [3.05, 3.63) is 29.8 Å². The van der Waals surface area contributed by atoms with Gasteiger partial charge in [0.2, 0.25) is 0 Å². The van der Waals surface area contributed by atoms with Crippen molar-refractivity contribution in [2.45, 2.75) is 38.9 Å². The van der Waals surface area contributed by atoms with Crippen molar-refractivity contribution < 1.29 is 14.3 Å². The van der Waals surface area contributed by atoms with Crippen LogP contribution in [0, 0.1) is 11.3 Å². The van der Waals surface area contributed by atoms with Crippen LogP contribution in [0.3, 0.4) is 0 Å². The Bertz CT molecular complexity index is 551. The number of nitrogens with zero attached hydrogens (tertiary/aromatic N) is 2. The molecule has 1 fully saturated rings. The van der Waals surface area contributed by atoms with Gasteiger partial charge >= 0.3 is 0 Å². The summed E-state index contributed by atoms with van der Waals surface area (Å²) in [5.74, 6) is 0.390. The van der Waals surface area contributed by atoms with Crippen LogP contribution in [-0.4, -0.2) is 42.7 Å². The van der Waals surface area contributed by atoms with Gasteiger partial charge < -0.3 is 14.4 Å². The molecule has 2 rings (SSSR count). The summed E-state index contributed by atoms with van der Waals surface area (Å²) in [6.07, 6.45) is 1.43. The Hall–Kier alpha value is -2.06. The monoisotopic (exact) mass is 302 g/mol. The SMILES string of the molecule is CCOC1CCCN(C(=O)C(C)Oc2ccccc2C#N)C1. The topological polar surface area (TPSA) is 62.6 Å². The van der Waals surface area contributed by atoms with E-state index in [4.69, 9.17) is 14.7 Å². The van der Waals surface area contributed by atoms with Crippen LogP contribution in [0.5, 0.6) is 5.75 Å². The fourth-order valence-corrected chi connectivity index (χ4v) is 2.67. The Labute approximate surface area is 131 Å². The van der Waals surface area contributed by atoms with Crippen LogP contribution in [0.1, 0.15) is 32.3 Å².